The molecule has 1 N–H and O–H groups in total. The van der Waals surface area contributed by atoms with Gasteiger partial charge in [-0.3, -0.25) is 4.79 Å². The molecular formula is C20H17BrN2O2. The highest BCUT2D eigenvalue weighted by Gasteiger charge is 2.15. The average Bonchev–Trinajstić information content (AvgIpc) is 2.63. The van der Waals surface area contributed by atoms with Crippen molar-refractivity contribution in [1.29, 1.82) is 0 Å². The normalized spacial score (nSPS) is 12.2. The van der Waals surface area contributed by atoms with Gasteiger partial charge in [-0.1, -0.05) is 54.6 Å². The summed E-state index contributed by atoms with van der Waals surface area (Å²) in [7, 11) is 0. The summed E-state index contributed by atoms with van der Waals surface area (Å²) < 4.78 is 6.45. The summed E-state index contributed by atoms with van der Waals surface area (Å²) in [5, 5.41) is 6.27. The number of halogens is 1. The molecule has 0 aliphatic rings. The zero-order chi connectivity index (χ0) is 17.6. The number of hydrazone groups is 1. The molecule has 3 rings (SSSR count). The van der Waals surface area contributed by atoms with Gasteiger partial charge in [-0.05, 0) is 45.8 Å². The first-order valence-corrected chi connectivity index (χ1v) is 8.66. The van der Waals surface area contributed by atoms with Crippen molar-refractivity contribution in [1.82, 2.24) is 5.43 Å². The van der Waals surface area contributed by atoms with Gasteiger partial charge in [0.25, 0.3) is 5.91 Å². The number of hydrogen-bond donors (Lipinski definition) is 1. The molecule has 0 saturated carbocycles. The molecule has 0 saturated heterocycles. The minimum Gasteiger partial charge on any atom is -0.480 e. The zero-order valence-corrected chi connectivity index (χ0v) is 15.2. The van der Waals surface area contributed by atoms with Crippen LogP contribution in [0.25, 0.3) is 10.8 Å². The monoisotopic (exact) mass is 396 g/mol. The molecule has 4 nitrogen and oxygen atoms in total. The predicted octanol–water partition coefficient (Wildman–Crippen LogP) is 4.52. The van der Waals surface area contributed by atoms with E-state index in [0.717, 1.165) is 20.8 Å². The van der Waals surface area contributed by atoms with Crippen LogP contribution in [-0.4, -0.2) is 18.2 Å². The number of carbonyl (C=O) groups excluding carboxylic acids is 1. The topological polar surface area (TPSA) is 50.7 Å². The number of hydrogen-bond acceptors (Lipinski definition) is 3. The molecule has 3 aromatic carbocycles. The standard InChI is InChI=1S/C20H17BrN2O2/c1-14(25-19-12-5-4-11-18(19)21)20(24)23-22-13-16-9-6-8-15-7-2-3-10-17(15)16/h2-14H,1H3,(H,23,24). The fourth-order valence-corrected chi connectivity index (χ4v) is 2.78. The minimum absolute atomic E-state index is 0.313. The van der Waals surface area contributed by atoms with Crippen molar-refractivity contribution in [3.63, 3.8) is 0 Å². The maximum atomic E-state index is 12.1. The number of para-hydroxylation sites is 1. The minimum atomic E-state index is -0.664. The number of carbonyl (C=O) groups is 1. The SMILES string of the molecule is CC(Oc1ccccc1Br)C(=O)NN=Cc1cccc2ccccc12. The Bertz CT molecular complexity index is 919. The summed E-state index contributed by atoms with van der Waals surface area (Å²) >= 11 is 3.39. The highest BCUT2D eigenvalue weighted by Crippen LogP contribution is 2.24. The summed E-state index contributed by atoms with van der Waals surface area (Å²) in [5.74, 6) is 0.301. The van der Waals surface area contributed by atoms with Gasteiger partial charge in [0, 0.05) is 5.56 Å². The van der Waals surface area contributed by atoms with Gasteiger partial charge in [-0.15, -0.1) is 0 Å². The molecule has 3 aromatic rings. The molecule has 0 spiro atoms. The number of amides is 1. The number of nitrogens with one attached hydrogen (secondary N) is 1. The van der Waals surface area contributed by atoms with E-state index in [9.17, 15) is 4.79 Å². The van der Waals surface area contributed by atoms with Crippen molar-refractivity contribution >= 4 is 38.8 Å². The first-order chi connectivity index (χ1) is 12.1. The molecule has 0 aromatic heterocycles. The molecule has 0 radical (unpaired) electrons. The largest absolute Gasteiger partial charge is 0.480 e. The Kier molecular flexibility index (Phi) is 5.46. The van der Waals surface area contributed by atoms with E-state index >= 15 is 0 Å². The Morgan fingerprint density at radius 2 is 1.80 bits per heavy atom. The molecular weight excluding hydrogens is 380 g/mol. The molecule has 1 unspecified atom stereocenters. The van der Waals surface area contributed by atoms with Crippen LogP contribution < -0.4 is 10.2 Å². The van der Waals surface area contributed by atoms with E-state index in [-0.39, 0.29) is 5.91 Å². The second-order valence-electron chi connectivity index (χ2n) is 5.49. The van der Waals surface area contributed by atoms with Gasteiger partial charge in [0.15, 0.2) is 6.10 Å². The zero-order valence-electron chi connectivity index (χ0n) is 13.6. The third-order valence-electron chi connectivity index (χ3n) is 3.71. The number of fused-ring (bicyclic) bond motifs is 1. The molecule has 1 atom stereocenters. The van der Waals surface area contributed by atoms with E-state index in [1.165, 1.54) is 0 Å². The van der Waals surface area contributed by atoms with Crippen LogP contribution in [0.3, 0.4) is 0 Å². The third kappa shape index (κ3) is 4.25. The van der Waals surface area contributed by atoms with Gasteiger partial charge in [0.1, 0.15) is 5.75 Å². The van der Waals surface area contributed by atoms with Crippen LogP contribution in [-0.2, 0) is 4.79 Å². The van der Waals surface area contributed by atoms with Crippen molar-refractivity contribution in [3.8, 4) is 5.75 Å². The first-order valence-electron chi connectivity index (χ1n) is 7.87. The van der Waals surface area contributed by atoms with E-state index < -0.39 is 6.10 Å². The number of nitrogens with zero attached hydrogens (tertiary/aromatic N) is 1. The maximum Gasteiger partial charge on any atom is 0.280 e. The van der Waals surface area contributed by atoms with Gasteiger partial charge < -0.3 is 4.74 Å². The van der Waals surface area contributed by atoms with E-state index in [2.05, 4.69) is 26.5 Å². The Labute approximate surface area is 154 Å². The van der Waals surface area contributed by atoms with Gasteiger partial charge in [0.2, 0.25) is 0 Å². The molecule has 126 valence electrons. The van der Waals surface area contributed by atoms with Crippen molar-refractivity contribution in [3.05, 3.63) is 76.8 Å². The lowest BCUT2D eigenvalue weighted by atomic mass is 10.1. The Morgan fingerprint density at radius 3 is 2.64 bits per heavy atom. The Balaban J connectivity index is 1.65. The molecule has 0 fully saturated rings. The lowest BCUT2D eigenvalue weighted by Crippen LogP contribution is -2.33. The molecule has 0 bridgehead atoms. The summed E-state index contributed by atoms with van der Waals surface area (Å²) in [6, 6.07) is 21.4. The van der Waals surface area contributed by atoms with Crippen molar-refractivity contribution < 1.29 is 9.53 Å². The van der Waals surface area contributed by atoms with Crippen LogP contribution in [0.4, 0.5) is 0 Å². The molecule has 25 heavy (non-hydrogen) atoms. The summed E-state index contributed by atoms with van der Waals surface area (Å²) in [6.45, 7) is 1.68. The Hall–Kier alpha value is -2.66. The molecule has 0 aliphatic heterocycles. The molecule has 0 aliphatic carbocycles. The highest BCUT2D eigenvalue weighted by atomic mass is 79.9. The highest BCUT2D eigenvalue weighted by molar-refractivity contribution is 9.10. The van der Waals surface area contributed by atoms with Crippen molar-refractivity contribution in [2.24, 2.45) is 5.10 Å². The summed E-state index contributed by atoms with van der Waals surface area (Å²) in [6.07, 6.45) is 0.981. The van der Waals surface area contributed by atoms with Crippen molar-refractivity contribution in [2.45, 2.75) is 13.0 Å². The van der Waals surface area contributed by atoms with Crippen LogP contribution in [0.15, 0.2) is 76.3 Å². The van der Waals surface area contributed by atoms with Crippen LogP contribution >= 0.6 is 15.9 Å². The summed E-state index contributed by atoms with van der Waals surface area (Å²) in [4.78, 5) is 12.1. The van der Waals surface area contributed by atoms with Gasteiger partial charge >= 0.3 is 0 Å². The number of rotatable bonds is 5. The molecule has 0 heterocycles. The lowest BCUT2D eigenvalue weighted by Gasteiger charge is -2.13. The average molecular weight is 397 g/mol. The van der Waals surface area contributed by atoms with E-state index in [1.54, 1.807) is 19.2 Å². The van der Waals surface area contributed by atoms with E-state index in [0.29, 0.717) is 5.75 Å². The third-order valence-corrected chi connectivity index (χ3v) is 4.37. The quantitative estimate of drug-likeness (QED) is 0.509. The lowest BCUT2D eigenvalue weighted by molar-refractivity contribution is -0.127. The van der Waals surface area contributed by atoms with Crippen LogP contribution in [0.2, 0.25) is 0 Å². The second kappa shape index (κ2) is 7.94. The number of ether oxygens (including phenoxy) is 1. The predicted molar refractivity (Wildman–Crippen MR) is 104 cm³/mol. The summed E-state index contributed by atoms with van der Waals surface area (Å²) in [5.41, 5.74) is 3.47. The van der Waals surface area contributed by atoms with E-state index in [1.807, 2.05) is 60.7 Å². The van der Waals surface area contributed by atoms with Crippen LogP contribution in [0.5, 0.6) is 5.75 Å². The van der Waals surface area contributed by atoms with E-state index in [4.69, 9.17) is 4.74 Å². The maximum absolute atomic E-state index is 12.1. The smallest absolute Gasteiger partial charge is 0.280 e. The molecule has 1 amide bonds. The number of benzene rings is 3. The molecule has 5 heteroatoms. The van der Waals surface area contributed by atoms with Crippen molar-refractivity contribution in [2.75, 3.05) is 0 Å². The first kappa shape index (κ1) is 17.2. The van der Waals surface area contributed by atoms with Gasteiger partial charge in [-0.25, -0.2) is 5.43 Å². The second-order valence-corrected chi connectivity index (χ2v) is 6.35. The fraction of sp³-hybridized carbons (Fsp3) is 0.100. The Morgan fingerprint density at radius 1 is 1.08 bits per heavy atom. The van der Waals surface area contributed by atoms with Crippen LogP contribution in [0, 0.1) is 0 Å². The van der Waals surface area contributed by atoms with Crippen LogP contribution in [0.1, 0.15) is 12.5 Å². The van der Waals surface area contributed by atoms with Gasteiger partial charge in [0.05, 0.1) is 10.7 Å². The van der Waals surface area contributed by atoms with Gasteiger partial charge in [-0.2, -0.15) is 5.10 Å². The fourth-order valence-electron chi connectivity index (χ4n) is 2.40.